The topological polar surface area (TPSA) is 37.8 Å². The number of hydrogen-bond acceptors (Lipinski definition) is 3. The van der Waals surface area contributed by atoms with Gasteiger partial charge in [-0.25, -0.2) is 9.97 Å². The molecule has 1 N–H and O–H groups in total. The van der Waals surface area contributed by atoms with E-state index in [1.807, 2.05) is 31.3 Å². The van der Waals surface area contributed by atoms with Crippen LogP contribution in [0.2, 0.25) is 5.02 Å². The molecule has 16 heavy (non-hydrogen) atoms. The summed E-state index contributed by atoms with van der Waals surface area (Å²) in [5.74, 6) is 0.720. The number of halogens is 1. The lowest BCUT2D eigenvalue weighted by Crippen LogP contribution is -2.20. The third-order valence-electron chi connectivity index (χ3n) is 2.35. The van der Waals surface area contributed by atoms with Gasteiger partial charge in [-0.15, -0.1) is 0 Å². The van der Waals surface area contributed by atoms with Crippen molar-refractivity contribution in [3.63, 3.8) is 0 Å². The van der Waals surface area contributed by atoms with E-state index in [0.717, 1.165) is 11.4 Å². The van der Waals surface area contributed by atoms with Crippen LogP contribution in [0.4, 0.5) is 0 Å². The maximum Gasteiger partial charge on any atom is 0.149 e. The van der Waals surface area contributed by atoms with Gasteiger partial charge in [0.25, 0.3) is 0 Å². The zero-order valence-electron chi connectivity index (χ0n) is 8.89. The van der Waals surface area contributed by atoms with E-state index in [0.29, 0.717) is 5.02 Å². The second-order valence-electron chi connectivity index (χ2n) is 3.35. The highest BCUT2D eigenvalue weighted by molar-refractivity contribution is 6.31. The van der Waals surface area contributed by atoms with Crippen molar-refractivity contribution < 1.29 is 0 Å². The summed E-state index contributed by atoms with van der Waals surface area (Å²) in [6.45, 7) is 0. The van der Waals surface area contributed by atoms with E-state index in [1.165, 1.54) is 0 Å². The lowest BCUT2D eigenvalue weighted by Gasteiger charge is -2.16. The largest absolute Gasteiger partial charge is 0.307 e. The molecule has 0 amide bonds. The zero-order valence-corrected chi connectivity index (χ0v) is 9.65. The van der Waals surface area contributed by atoms with Crippen LogP contribution in [0.1, 0.15) is 17.4 Å². The van der Waals surface area contributed by atoms with Gasteiger partial charge in [0.15, 0.2) is 0 Å². The Labute approximate surface area is 99.5 Å². The average Bonchev–Trinajstić information content (AvgIpc) is 2.34. The van der Waals surface area contributed by atoms with Crippen LogP contribution >= 0.6 is 11.6 Å². The van der Waals surface area contributed by atoms with Crippen molar-refractivity contribution in [3.05, 3.63) is 59.1 Å². The Morgan fingerprint density at radius 2 is 1.81 bits per heavy atom. The summed E-state index contributed by atoms with van der Waals surface area (Å²) in [7, 11) is 1.87. The molecule has 0 aliphatic heterocycles. The number of nitrogens with one attached hydrogen (secondary N) is 1. The molecule has 0 saturated heterocycles. The Morgan fingerprint density at radius 3 is 2.44 bits per heavy atom. The first-order valence-electron chi connectivity index (χ1n) is 5.01. The maximum absolute atomic E-state index is 6.15. The van der Waals surface area contributed by atoms with E-state index in [4.69, 9.17) is 11.6 Å². The molecule has 82 valence electrons. The first-order valence-corrected chi connectivity index (χ1v) is 5.39. The Morgan fingerprint density at radius 1 is 1.12 bits per heavy atom. The van der Waals surface area contributed by atoms with Crippen LogP contribution in [0.15, 0.2) is 42.7 Å². The molecule has 0 saturated carbocycles. The second-order valence-corrected chi connectivity index (χ2v) is 3.76. The predicted molar refractivity (Wildman–Crippen MR) is 64.4 cm³/mol. The summed E-state index contributed by atoms with van der Waals surface area (Å²) < 4.78 is 0. The van der Waals surface area contributed by atoms with Crippen molar-refractivity contribution >= 4 is 11.6 Å². The molecule has 4 heteroatoms. The minimum atomic E-state index is -0.0742. The Bertz CT molecular complexity index is 459. The lowest BCUT2D eigenvalue weighted by atomic mass is 10.1. The quantitative estimate of drug-likeness (QED) is 0.885. The van der Waals surface area contributed by atoms with Gasteiger partial charge in [0, 0.05) is 17.4 Å². The van der Waals surface area contributed by atoms with Crippen LogP contribution in [0, 0.1) is 0 Å². The van der Waals surface area contributed by atoms with Crippen LogP contribution in [0.25, 0.3) is 0 Å². The number of nitrogens with zero attached hydrogens (tertiary/aromatic N) is 2. The molecule has 0 aliphatic carbocycles. The van der Waals surface area contributed by atoms with Gasteiger partial charge >= 0.3 is 0 Å². The van der Waals surface area contributed by atoms with Gasteiger partial charge in [-0.05, 0) is 24.7 Å². The minimum Gasteiger partial charge on any atom is -0.307 e. The standard InChI is InChI=1S/C12H12ClN3/c1-14-11(12-15-7-4-8-16-12)9-5-2-3-6-10(9)13/h2-8,11,14H,1H3. The highest BCUT2D eigenvalue weighted by Gasteiger charge is 2.16. The minimum absolute atomic E-state index is 0.0742. The summed E-state index contributed by atoms with van der Waals surface area (Å²) in [5, 5.41) is 3.88. The third-order valence-corrected chi connectivity index (χ3v) is 2.69. The van der Waals surface area contributed by atoms with E-state index in [9.17, 15) is 0 Å². The van der Waals surface area contributed by atoms with E-state index in [2.05, 4.69) is 15.3 Å². The smallest absolute Gasteiger partial charge is 0.149 e. The average molecular weight is 234 g/mol. The van der Waals surface area contributed by atoms with Crippen LogP contribution in [0.5, 0.6) is 0 Å². The van der Waals surface area contributed by atoms with E-state index < -0.39 is 0 Å². The molecule has 2 rings (SSSR count). The fourth-order valence-electron chi connectivity index (χ4n) is 1.59. The van der Waals surface area contributed by atoms with Crippen molar-refractivity contribution in [2.45, 2.75) is 6.04 Å². The van der Waals surface area contributed by atoms with Gasteiger partial charge in [0.2, 0.25) is 0 Å². The highest BCUT2D eigenvalue weighted by atomic mass is 35.5. The first kappa shape index (κ1) is 11.0. The zero-order chi connectivity index (χ0) is 11.4. The van der Waals surface area contributed by atoms with Gasteiger partial charge in [0.1, 0.15) is 5.82 Å². The molecule has 1 aromatic carbocycles. The van der Waals surface area contributed by atoms with Crippen molar-refractivity contribution in [2.24, 2.45) is 0 Å². The number of rotatable bonds is 3. The molecule has 0 fully saturated rings. The number of aromatic nitrogens is 2. The van der Waals surface area contributed by atoms with Crippen molar-refractivity contribution in [1.82, 2.24) is 15.3 Å². The molecular formula is C12H12ClN3. The van der Waals surface area contributed by atoms with E-state index >= 15 is 0 Å². The summed E-state index contributed by atoms with van der Waals surface area (Å²) >= 11 is 6.15. The van der Waals surface area contributed by atoms with E-state index in [-0.39, 0.29) is 6.04 Å². The van der Waals surface area contributed by atoms with Crippen molar-refractivity contribution in [3.8, 4) is 0 Å². The molecule has 1 atom stereocenters. The van der Waals surface area contributed by atoms with Gasteiger partial charge in [0.05, 0.1) is 6.04 Å². The molecule has 1 unspecified atom stereocenters. The van der Waals surface area contributed by atoms with Gasteiger partial charge in [-0.2, -0.15) is 0 Å². The molecule has 3 nitrogen and oxygen atoms in total. The fourth-order valence-corrected chi connectivity index (χ4v) is 1.84. The molecule has 2 aromatic rings. The van der Waals surface area contributed by atoms with Crippen LogP contribution in [-0.2, 0) is 0 Å². The second kappa shape index (κ2) is 5.05. The Balaban J connectivity index is 2.41. The van der Waals surface area contributed by atoms with Crippen molar-refractivity contribution in [1.29, 1.82) is 0 Å². The lowest BCUT2D eigenvalue weighted by molar-refractivity contribution is 0.646. The monoisotopic (exact) mass is 233 g/mol. The SMILES string of the molecule is CNC(c1ncccn1)c1ccccc1Cl. The van der Waals surface area contributed by atoms with Crippen LogP contribution < -0.4 is 5.32 Å². The van der Waals surface area contributed by atoms with Gasteiger partial charge < -0.3 is 5.32 Å². The molecule has 0 bridgehead atoms. The molecular weight excluding hydrogens is 222 g/mol. The van der Waals surface area contributed by atoms with Crippen molar-refractivity contribution in [2.75, 3.05) is 7.05 Å². The predicted octanol–water partition coefficient (Wildman–Crippen LogP) is 2.44. The number of benzene rings is 1. The fraction of sp³-hybridized carbons (Fsp3) is 0.167. The van der Waals surface area contributed by atoms with E-state index in [1.54, 1.807) is 18.5 Å². The maximum atomic E-state index is 6.15. The molecule has 0 spiro atoms. The molecule has 1 heterocycles. The Hall–Kier alpha value is -1.45. The number of hydrogen-bond donors (Lipinski definition) is 1. The third kappa shape index (κ3) is 2.21. The molecule has 0 radical (unpaired) electrons. The molecule has 1 aromatic heterocycles. The Kier molecular flexibility index (Phi) is 3.49. The first-order chi connectivity index (χ1) is 7.83. The summed E-state index contributed by atoms with van der Waals surface area (Å²) in [4.78, 5) is 8.47. The highest BCUT2D eigenvalue weighted by Crippen LogP contribution is 2.25. The normalized spacial score (nSPS) is 12.4. The van der Waals surface area contributed by atoms with Gasteiger partial charge in [-0.3, -0.25) is 0 Å². The molecule has 0 aliphatic rings. The summed E-state index contributed by atoms with van der Waals surface area (Å²) in [6.07, 6.45) is 3.45. The van der Waals surface area contributed by atoms with Gasteiger partial charge in [-0.1, -0.05) is 29.8 Å². The summed E-state index contributed by atoms with van der Waals surface area (Å²) in [6, 6.07) is 9.42. The van der Waals surface area contributed by atoms with Crippen LogP contribution in [0.3, 0.4) is 0 Å². The van der Waals surface area contributed by atoms with Crippen LogP contribution in [-0.4, -0.2) is 17.0 Å². The summed E-state index contributed by atoms with van der Waals surface area (Å²) in [5.41, 5.74) is 0.984.